The van der Waals surface area contributed by atoms with Crippen LogP contribution in [-0.2, 0) is 33.2 Å². The van der Waals surface area contributed by atoms with Crippen LogP contribution in [-0.4, -0.2) is 64.8 Å². The second kappa shape index (κ2) is 6.52. The van der Waals surface area contributed by atoms with Crippen LogP contribution in [0.5, 0.6) is 0 Å². The molecule has 0 bridgehead atoms. The molecular weight excluding hydrogens is 330 g/mol. The maximum Gasteiger partial charge on any atom is 0.264 e. The van der Waals surface area contributed by atoms with Crippen molar-refractivity contribution in [2.75, 3.05) is 26.5 Å². The Kier molecular flexibility index (Phi) is 5.21. The molecular formula is C12H21N3O7S. The number of ether oxygens (including phenoxy) is 4. The summed E-state index contributed by atoms with van der Waals surface area (Å²) in [5, 5.41) is 3.51. The number of hydrogen-bond donors (Lipinski definition) is 0. The molecule has 2 saturated heterocycles. The maximum atomic E-state index is 11.2. The van der Waals surface area contributed by atoms with Crippen LogP contribution in [0.3, 0.4) is 0 Å². The van der Waals surface area contributed by atoms with Crippen molar-refractivity contribution in [3.05, 3.63) is 10.4 Å². The minimum Gasteiger partial charge on any atom is -0.372 e. The van der Waals surface area contributed by atoms with Crippen molar-refractivity contribution >= 4 is 10.1 Å². The molecule has 2 aliphatic rings. The summed E-state index contributed by atoms with van der Waals surface area (Å²) < 4.78 is 50.3. The molecule has 0 aromatic rings. The Bertz CT molecular complexity index is 589. The molecule has 4 atom stereocenters. The highest BCUT2D eigenvalue weighted by Crippen LogP contribution is 2.46. The molecule has 0 spiro atoms. The van der Waals surface area contributed by atoms with Crippen molar-refractivity contribution in [2.24, 2.45) is 5.11 Å². The van der Waals surface area contributed by atoms with E-state index in [-0.39, 0.29) is 19.6 Å². The zero-order valence-corrected chi connectivity index (χ0v) is 14.3. The number of hydrogen-bond acceptors (Lipinski definition) is 8. The molecule has 0 aromatic carbocycles. The summed E-state index contributed by atoms with van der Waals surface area (Å²) in [6, 6.07) is 0. The summed E-state index contributed by atoms with van der Waals surface area (Å²) in [7, 11) is -2.18. The third-order valence-corrected chi connectivity index (χ3v) is 4.43. The van der Waals surface area contributed by atoms with Gasteiger partial charge >= 0.3 is 0 Å². The third kappa shape index (κ3) is 3.94. The van der Waals surface area contributed by atoms with Crippen molar-refractivity contribution < 1.29 is 31.5 Å². The SMILES string of the molecule is CO[C@]1(CCN=[N+]=[N-])[C@@H](COS(C)(=O)=O)O[C@@H]2OC(C)(C)O[C@@H]21. The van der Waals surface area contributed by atoms with Crippen LogP contribution in [0, 0.1) is 0 Å². The summed E-state index contributed by atoms with van der Waals surface area (Å²) in [4.78, 5) is 2.72. The van der Waals surface area contributed by atoms with Gasteiger partial charge in [0.1, 0.15) is 17.8 Å². The van der Waals surface area contributed by atoms with Crippen LogP contribution in [0.15, 0.2) is 5.11 Å². The Balaban J connectivity index is 2.24. The van der Waals surface area contributed by atoms with E-state index in [9.17, 15) is 8.42 Å². The van der Waals surface area contributed by atoms with Crippen molar-refractivity contribution in [1.82, 2.24) is 0 Å². The average molecular weight is 351 g/mol. The minimum atomic E-state index is -3.64. The first kappa shape index (κ1) is 18.4. The van der Waals surface area contributed by atoms with Crippen LogP contribution in [0.4, 0.5) is 0 Å². The molecule has 11 heteroatoms. The van der Waals surface area contributed by atoms with Crippen LogP contribution >= 0.6 is 0 Å². The Morgan fingerprint density at radius 1 is 1.35 bits per heavy atom. The number of methoxy groups -OCH3 is 1. The molecule has 0 unspecified atom stereocenters. The molecule has 0 amide bonds. The molecule has 0 radical (unpaired) electrons. The van der Waals surface area contributed by atoms with Gasteiger partial charge in [-0.25, -0.2) is 0 Å². The first-order valence-corrected chi connectivity index (χ1v) is 8.87. The molecule has 2 aliphatic heterocycles. The van der Waals surface area contributed by atoms with E-state index in [1.807, 2.05) is 0 Å². The zero-order valence-electron chi connectivity index (χ0n) is 13.5. The summed E-state index contributed by atoms with van der Waals surface area (Å²) in [5.41, 5.74) is 7.43. The second-order valence-electron chi connectivity index (χ2n) is 5.90. The smallest absolute Gasteiger partial charge is 0.264 e. The van der Waals surface area contributed by atoms with Gasteiger partial charge in [-0.2, -0.15) is 8.42 Å². The first-order valence-electron chi connectivity index (χ1n) is 7.05. The maximum absolute atomic E-state index is 11.2. The molecule has 2 rings (SSSR count). The van der Waals surface area contributed by atoms with Gasteiger partial charge in [-0.1, -0.05) is 5.11 Å². The summed E-state index contributed by atoms with van der Waals surface area (Å²) in [5.74, 6) is -0.861. The molecule has 0 N–H and O–H groups in total. The Hall–Kier alpha value is -0.940. The number of azide groups is 1. The quantitative estimate of drug-likeness (QED) is 0.288. The first-order chi connectivity index (χ1) is 10.6. The van der Waals surface area contributed by atoms with E-state index < -0.39 is 40.0 Å². The van der Waals surface area contributed by atoms with Crippen LogP contribution in [0.2, 0.25) is 0 Å². The predicted molar refractivity (Wildman–Crippen MR) is 77.9 cm³/mol. The Labute approximate surface area is 134 Å². The Morgan fingerprint density at radius 2 is 2.04 bits per heavy atom. The fraction of sp³-hybridized carbons (Fsp3) is 1.00. The summed E-state index contributed by atoms with van der Waals surface area (Å²) in [6.45, 7) is 3.37. The van der Waals surface area contributed by atoms with Gasteiger partial charge in [0.25, 0.3) is 10.1 Å². The number of rotatable bonds is 7. The van der Waals surface area contributed by atoms with Gasteiger partial charge in [0, 0.05) is 18.6 Å². The van der Waals surface area contributed by atoms with Crippen molar-refractivity contribution in [3.8, 4) is 0 Å². The highest BCUT2D eigenvalue weighted by Gasteiger charge is 2.63. The fourth-order valence-electron chi connectivity index (χ4n) is 2.91. The molecule has 0 aromatic heterocycles. The van der Waals surface area contributed by atoms with Crippen LogP contribution < -0.4 is 0 Å². The average Bonchev–Trinajstić information content (AvgIpc) is 2.87. The van der Waals surface area contributed by atoms with Gasteiger partial charge in [-0.3, -0.25) is 4.18 Å². The van der Waals surface area contributed by atoms with Crippen molar-refractivity contribution in [2.45, 2.75) is 50.2 Å². The summed E-state index contributed by atoms with van der Waals surface area (Å²) >= 11 is 0. The lowest BCUT2D eigenvalue weighted by Gasteiger charge is -2.36. The third-order valence-electron chi connectivity index (χ3n) is 3.86. The standard InChI is InChI=1S/C12H21N3O7S/c1-11(2)21-9-10(22-11)20-8(7-19-23(4,16)17)12(9,18-3)5-6-14-15-13/h8-10H,5-7H2,1-4H3/t8-,9+,10-,12-/m1/s1. The van der Waals surface area contributed by atoms with Gasteiger partial charge in [0.2, 0.25) is 0 Å². The van der Waals surface area contributed by atoms with E-state index in [0.29, 0.717) is 0 Å². The monoisotopic (exact) mass is 351 g/mol. The minimum absolute atomic E-state index is 0.135. The lowest BCUT2D eigenvalue weighted by Crippen LogP contribution is -2.52. The Morgan fingerprint density at radius 3 is 2.61 bits per heavy atom. The van der Waals surface area contributed by atoms with Crippen LogP contribution in [0.1, 0.15) is 20.3 Å². The lowest BCUT2D eigenvalue weighted by molar-refractivity contribution is -0.237. The number of nitrogens with zero attached hydrogens (tertiary/aromatic N) is 3. The van der Waals surface area contributed by atoms with Crippen molar-refractivity contribution in [1.29, 1.82) is 0 Å². The molecule has 132 valence electrons. The molecule has 0 saturated carbocycles. The van der Waals surface area contributed by atoms with E-state index in [2.05, 4.69) is 10.0 Å². The van der Waals surface area contributed by atoms with E-state index in [4.69, 9.17) is 28.7 Å². The topological polar surface area (TPSA) is 129 Å². The highest BCUT2D eigenvalue weighted by atomic mass is 32.2. The van der Waals surface area contributed by atoms with Crippen molar-refractivity contribution in [3.63, 3.8) is 0 Å². The number of fused-ring (bicyclic) bond motifs is 1. The van der Waals surface area contributed by atoms with Gasteiger partial charge in [0.05, 0.1) is 12.9 Å². The predicted octanol–water partition coefficient (Wildman–Crippen LogP) is 0.925. The highest BCUT2D eigenvalue weighted by molar-refractivity contribution is 7.85. The molecule has 2 fully saturated rings. The van der Waals surface area contributed by atoms with E-state index >= 15 is 0 Å². The van der Waals surface area contributed by atoms with Gasteiger partial charge in [0.15, 0.2) is 12.1 Å². The van der Waals surface area contributed by atoms with E-state index in [1.54, 1.807) is 13.8 Å². The molecule has 10 nitrogen and oxygen atoms in total. The summed E-state index contributed by atoms with van der Waals surface area (Å²) in [6.07, 6.45) is -0.838. The molecule has 2 heterocycles. The van der Waals surface area contributed by atoms with E-state index in [0.717, 1.165) is 6.26 Å². The molecule has 23 heavy (non-hydrogen) atoms. The molecule has 0 aliphatic carbocycles. The van der Waals surface area contributed by atoms with Gasteiger partial charge in [-0.15, -0.1) is 0 Å². The largest absolute Gasteiger partial charge is 0.372 e. The van der Waals surface area contributed by atoms with Gasteiger partial charge < -0.3 is 18.9 Å². The second-order valence-corrected chi connectivity index (χ2v) is 7.55. The van der Waals surface area contributed by atoms with Crippen LogP contribution in [0.25, 0.3) is 10.4 Å². The fourth-order valence-corrected chi connectivity index (χ4v) is 3.28. The normalized spacial score (nSPS) is 35.7. The lowest BCUT2D eigenvalue weighted by atomic mass is 9.88. The zero-order chi connectivity index (χ0) is 17.3. The van der Waals surface area contributed by atoms with Gasteiger partial charge in [-0.05, 0) is 25.8 Å². The van der Waals surface area contributed by atoms with E-state index in [1.165, 1.54) is 7.11 Å².